The number of anilines is 3. The summed E-state index contributed by atoms with van der Waals surface area (Å²) >= 11 is 0. The fraction of sp³-hybridized carbons (Fsp3) is 0.455. The molecule has 4 nitrogen and oxygen atoms in total. The minimum absolute atomic E-state index is 0.182. The maximum Gasteiger partial charge on any atom is 0.419 e. The molecule has 3 heterocycles. The van der Waals surface area contributed by atoms with Crippen LogP contribution in [0.2, 0.25) is 0 Å². The summed E-state index contributed by atoms with van der Waals surface area (Å²) in [6.45, 7) is 3.87. The number of nitrogens with zero attached hydrogens (tertiary/aromatic N) is 2. The molecule has 3 aliphatic heterocycles. The van der Waals surface area contributed by atoms with Crippen LogP contribution in [-0.2, 0) is 17.5 Å². The van der Waals surface area contributed by atoms with Crippen molar-refractivity contribution in [3.63, 3.8) is 0 Å². The SMILES string of the molecule is CN1CCC2C(C1)c1cc(Nc3cccc(C(F)(F)F)c3F)cc3c1N2CCOC3. The summed E-state index contributed by atoms with van der Waals surface area (Å²) in [5.74, 6) is -0.965. The van der Waals surface area contributed by atoms with Crippen molar-refractivity contribution in [2.75, 3.05) is 43.5 Å². The smallest absolute Gasteiger partial charge is 0.375 e. The molecule has 160 valence electrons. The predicted molar refractivity (Wildman–Crippen MR) is 107 cm³/mol. The Morgan fingerprint density at radius 2 is 2.00 bits per heavy atom. The highest BCUT2D eigenvalue weighted by atomic mass is 19.4. The second-order valence-corrected chi connectivity index (χ2v) is 8.33. The van der Waals surface area contributed by atoms with Gasteiger partial charge in [0.2, 0.25) is 0 Å². The van der Waals surface area contributed by atoms with E-state index in [1.54, 1.807) is 0 Å². The molecule has 30 heavy (non-hydrogen) atoms. The van der Waals surface area contributed by atoms with Crippen molar-refractivity contribution in [1.29, 1.82) is 0 Å². The van der Waals surface area contributed by atoms with Gasteiger partial charge < -0.3 is 19.9 Å². The number of likely N-dealkylation sites (tertiary alicyclic amines) is 1. The molecule has 0 spiro atoms. The van der Waals surface area contributed by atoms with E-state index in [4.69, 9.17) is 4.74 Å². The summed E-state index contributed by atoms with van der Waals surface area (Å²) in [6, 6.07) is 7.55. The maximum atomic E-state index is 14.5. The van der Waals surface area contributed by atoms with Gasteiger partial charge in [0.05, 0.1) is 24.5 Å². The lowest BCUT2D eigenvalue weighted by Crippen LogP contribution is -2.45. The van der Waals surface area contributed by atoms with Crippen molar-refractivity contribution < 1.29 is 22.3 Å². The highest BCUT2D eigenvalue weighted by molar-refractivity contribution is 5.74. The first-order valence-corrected chi connectivity index (χ1v) is 10.2. The Morgan fingerprint density at radius 3 is 2.80 bits per heavy atom. The lowest BCUT2D eigenvalue weighted by Gasteiger charge is -2.37. The first kappa shape index (κ1) is 19.6. The van der Waals surface area contributed by atoms with Crippen LogP contribution in [0.4, 0.5) is 34.6 Å². The van der Waals surface area contributed by atoms with Crippen LogP contribution in [0.25, 0.3) is 0 Å². The maximum absolute atomic E-state index is 14.5. The van der Waals surface area contributed by atoms with Crippen molar-refractivity contribution in [3.05, 3.63) is 52.8 Å². The van der Waals surface area contributed by atoms with Crippen LogP contribution in [0, 0.1) is 5.82 Å². The molecule has 0 amide bonds. The molecule has 3 aliphatic rings. The molecule has 2 aromatic rings. The Balaban J connectivity index is 1.55. The van der Waals surface area contributed by atoms with Gasteiger partial charge in [-0.2, -0.15) is 13.2 Å². The molecular weight excluding hydrogens is 398 g/mol. The van der Waals surface area contributed by atoms with Crippen molar-refractivity contribution in [2.24, 2.45) is 0 Å². The zero-order chi connectivity index (χ0) is 21.0. The number of hydrogen-bond acceptors (Lipinski definition) is 4. The molecule has 1 fully saturated rings. The molecule has 0 radical (unpaired) electrons. The topological polar surface area (TPSA) is 27.7 Å². The fourth-order valence-electron chi connectivity index (χ4n) is 5.11. The predicted octanol–water partition coefficient (Wildman–Crippen LogP) is 4.73. The molecule has 1 N–H and O–H groups in total. The monoisotopic (exact) mass is 421 g/mol. The summed E-state index contributed by atoms with van der Waals surface area (Å²) in [4.78, 5) is 4.74. The Kier molecular flexibility index (Phi) is 4.67. The van der Waals surface area contributed by atoms with Gasteiger partial charge in [0.25, 0.3) is 0 Å². The minimum Gasteiger partial charge on any atom is -0.375 e. The number of alkyl halides is 3. The van der Waals surface area contributed by atoms with Gasteiger partial charge in [0.1, 0.15) is 0 Å². The molecule has 2 aromatic carbocycles. The summed E-state index contributed by atoms with van der Waals surface area (Å²) < 4.78 is 59.6. The van der Waals surface area contributed by atoms with Crippen molar-refractivity contribution in [2.45, 2.75) is 31.2 Å². The number of piperidine rings is 1. The fourth-order valence-corrected chi connectivity index (χ4v) is 5.11. The van der Waals surface area contributed by atoms with Gasteiger partial charge in [-0.25, -0.2) is 4.39 Å². The van der Waals surface area contributed by atoms with Crippen LogP contribution in [0.5, 0.6) is 0 Å². The third kappa shape index (κ3) is 3.22. The number of nitrogens with one attached hydrogen (secondary N) is 1. The minimum atomic E-state index is -4.74. The Labute approximate surface area is 172 Å². The summed E-state index contributed by atoms with van der Waals surface area (Å²) in [7, 11) is 2.11. The molecule has 2 atom stereocenters. The van der Waals surface area contributed by atoms with Crippen LogP contribution in [-0.4, -0.2) is 44.2 Å². The third-order valence-electron chi connectivity index (χ3n) is 6.40. The Morgan fingerprint density at radius 1 is 1.17 bits per heavy atom. The van der Waals surface area contributed by atoms with Gasteiger partial charge in [-0.05, 0) is 49.8 Å². The first-order valence-electron chi connectivity index (χ1n) is 10.2. The van der Waals surface area contributed by atoms with E-state index < -0.39 is 17.6 Å². The van der Waals surface area contributed by atoms with Crippen molar-refractivity contribution in [1.82, 2.24) is 4.90 Å². The number of rotatable bonds is 2. The van der Waals surface area contributed by atoms with E-state index in [-0.39, 0.29) is 5.69 Å². The van der Waals surface area contributed by atoms with E-state index in [2.05, 4.69) is 22.2 Å². The van der Waals surface area contributed by atoms with Crippen LogP contribution >= 0.6 is 0 Å². The molecule has 0 saturated carbocycles. The van der Waals surface area contributed by atoms with Crippen LogP contribution < -0.4 is 10.2 Å². The van der Waals surface area contributed by atoms with Crippen LogP contribution in [0.15, 0.2) is 30.3 Å². The van der Waals surface area contributed by atoms with Gasteiger partial charge >= 0.3 is 6.18 Å². The van der Waals surface area contributed by atoms with E-state index in [1.165, 1.54) is 23.4 Å². The average molecular weight is 421 g/mol. The normalized spacial score (nSPS) is 23.7. The van der Waals surface area contributed by atoms with Gasteiger partial charge in [0.15, 0.2) is 5.82 Å². The van der Waals surface area contributed by atoms with Crippen molar-refractivity contribution in [3.8, 4) is 0 Å². The van der Waals surface area contributed by atoms with E-state index >= 15 is 0 Å². The van der Waals surface area contributed by atoms with E-state index in [9.17, 15) is 17.6 Å². The molecular formula is C22H23F4N3O. The molecule has 8 heteroatoms. The number of hydrogen-bond donors (Lipinski definition) is 1. The Hall–Kier alpha value is -2.32. The average Bonchev–Trinajstić information content (AvgIpc) is 2.83. The van der Waals surface area contributed by atoms with E-state index in [0.717, 1.165) is 37.7 Å². The number of ether oxygens (including phenoxy) is 1. The second kappa shape index (κ2) is 7.13. The van der Waals surface area contributed by atoms with Crippen molar-refractivity contribution >= 4 is 17.1 Å². The molecule has 5 rings (SSSR count). The highest BCUT2D eigenvalue weighted by Gasteiger charge is 2.43. The van der Waals surface area contributed by atoms with Gasteiger partial charge in [0, 0.05) is 42.0 Å². The lowest BCUT2D eigenvalue weighted by atomic mass is 9.88. The highest BCUT2D eigenvalue weighted by Crippen LogP contribution is 2.48. The molecule has 0 aliphatic carbocycles. The van der Waals surface area contributed by atoms with Gasteiger partial charge in [-0.15, -0.1) is 0 Å². The summed E-state index contributed by atoms with van der Waals surface area (Å²) in [5.41, 5.74) is 2.49. The Bertz CT molecular complexity index is 978. The number of halogens is 4. The van der Waals surface area contributed by atoms with E-state index in [0.29, 0.717) is 30.9 Å². The van der Waals surface area contributed by atoms with E-state index in [1.807, 2.05) is 12.1 Å². The largest absolute Gasteiger partial charge is 0.419 e. The zero-order valence-corrected chi connectivity index (χ0v) is 16.6. The molecule has 0 aromatic heterocycles. The summed E-state index contributed by atoms with van der Waals surface area (Å²) in [5, 5.41) is 2.89. The lowest BCUT2D eigenvalue weighted by molar-refractivity contribution is -0.139. The van der Waals surface area contributed by atoms with Gasteiger partial charge in [-0.1, -0.05) is 6.07 Å². The first-order chi connectivity index (χ1) is 14.3. The summed E-state index contributed by atoms with van der Waals surface area (Å²) in [6.07, 6.45) is -3.68. The zero-order valence-electron chi connectivity index (χ0n) is 16.6. The molecule has 1 saturated heterocycles. The second-order valence-electron chi connectivity index (χ2n) is 8.33. The number of benzene rings is 2. The number of likely N-dealkylation sites (N-methyl/N-ethyl adjacent to an activating group) is 1. The van der Waals surface area contributed by atoms with Crippen LogP contribution in [0.3, 0.4) is 0 Å². The third-order valence-corrected chi connectivity index (χ3v) is 6.40. The number of fused-ring (bicyclic) bond motifs is 3. The quantitative estimate of drug-likeness (QED) is 0.710. The van der Waals surface area contributed by atoms with Crippen LogP contribution in [0.1, 0.15) is 29.0 Å². The van der Waals surface area contributed by atoms with Gasteiger partial charge in [-0.3, -0.25) is 0 Å². The molecule has 2 unspecified atom stereocenters. The standard InChI is InChI=1S/C22H23F4N3O/c1-28-6-5-19-16(11-28)15-10-14(9-13-12-30-8-7-29(19)21(13)15)27-18-4-2-3-17(20(18)23)22(24,25)26/h2-4,9-10,16,19,27H,5-8,11-12H2,1H3. The molecule has 0 bridgehead atoms.